The van der Waals surface area contributed by atoms with Crippen LogP contribution in [0.1, 0.15) is 32.1 Å². The first-order chi connectivity index (χ1) is 9.81. The van der Waals surface area contributed by atoms with E-state index in [1.54, 1.807) is 0 Å². The SMILES string of the molecule is O=C1CCOCC1CN1CCC(CN2CCCC2)CC1. The van der Waals surface area contributed by atoms with Crippen molar-refractivity contribution in [2.75, 3.05) is 52.5 Å². The molecule has 0 aromatic carbocycles. The largest absolute Gasteiger partial charge is 0.380 e. The summed E-state index contributed by atoms with van der Waals surface area (Å²) in [5, 5.41) is 0. The second-order valence-electron chi connectivity index (χ2n) is 6.74. The maximum atomic E-state index is 11.8. The Hall–Kier alpha value is -0.450. The second kappa shape index (κ2) is 7.01. The van der Waals surface area contributed by atoms with E-state index < -0.39 is 0 Å². The molecule has 0 spiro atoms. The number of carbonyl (C=O) groups excluding carboxylic acids is 1. The molecule has 1 unspecified atom stereocenters. The summed E-state index contributed by atoms with van der Waals surface area (Å²) in [5.74, 6) is 1.43. The Labute approximate surface area is 122 Å². The lowest BCUT2D eigenvalue weighted by Crippen LogP contribution is -2.43. The highest BCUT2D eigenvalue weighted by atomic mass is 16.5. The molecule has 0 aromatic heterocycles. The molecule has 0 saturated carbocycles. The Kier molecular flexibility index (Phi) is 5.08. The monoisotopic (exact) mass is 280 g/mol. The number of piperidine rings is 1. The highest BCUT2D eigenvalue weighted by molar-refractivity contribution is 5.82. The molecular weight excluding hydrogens is 252 g/mol. The fraction of sp³-hybridized carbons (Fsp3) is 0.938. The molecule has 1 atom stereocenters. The molecular formula is C16H28N2O2. The topological polar surface area (TPSA) is 32.8 Å². The molecule has 0 aliphatic carbocycles. The standard InChI is InChI=1S/C16H28N2O2/c19-16-5-10-20-13-15(16)12-18-8-3-14(4-9-18)11-17-6-1-2-7-17/h14-15H,1-13H2. The normalized spacial score (nSPS) is 31.0. The molecule has 3 fully saturated rings. The van der Waals surface area contributed by atoms with Gasteiger partial charge in [-0.25, -0.2) is 0 Å². The summed E-state index contributed by atoms with van der Waals surface area (Å²) >= 11 is 0. The number of carbonyl (C=O) groups is 1. The molecule has 0 N–H and O–H groups in total. The predicted octanol–water partition coefficient (Wildman–Crippen LogP) is 1.40. The van der Waals surface area contributed by atoms with Crippen molar-refractivity contribution in [3.8, 4) is 0 Å². The highest BCUT2D eigenvalue weighted by Gasteiger charge is 2.28. The van der Waals surface area contributed by atoms with E-state index in [1.807, 2.05) is 0 Å². The molecule has 0 bridgehead atoms. The van der Waals surface area contributed by atoms with Gasteiger partial charge in [-0.1, -0.05) is 0 Å². The van der Waals surface area contributed by atoms with Crippen molar-refractivity contribution < 1.29 is 9.53 Å². The van der Waals surface area contributed by atoms with Gasteiger partial charge in [0.1, 0.15) is 5.78 Å². The minimum Gasteiger partial charge on any atom is -0.380 e. The zero-order valence-corrected chi connectivity index (χ0v) is 12.6. The van der Waals surface area contributed by atoms with E-state index in [1.165, 1.54) is 58.4 Å². The average molecular weight is 280 g/mol. The van der Waals surface area contributed by atoms with Crippen LogP contribution >= 0.6 is 0 Å². The highest BCUT2D eigenvalue weighted by Crippen LogP contribution is 2.22. The summed E-state index contributed by atoms with van der Waals surface area (Å²) in [7, 11) is 0. The third-order valence-corrected chi connectivity index (χ3v) is 5.17. The van der Waals surface area contributed by atoms with Crippen LogP contribution in [0.3, 0.4) is 0 Å². The molecule has 3 aliphatic rings. The van der Waals surface area contributed by atoms with Crippen LogP contribution in [0.25, 0.3) is 0 Å². The van der Waals surface area contributed by atoms with Crippen LogP contribution in [0, 0.1) is 11.8 Å². The van der Waals surface area contributed by atoms with Gasteiger partial charge in [-0.05, 0) is 57.8 Å². The van der Waals surface area contributed by atoms with Gasteiger partial charge in [-0.2, -0.15) is 0 Å². The predicted molar refractivity (Wildman–Crippen MR) is 78.8 cm³/mol. The van der Waals surface area contributed by atoms with E-state index in [9.17, 15) is 4.79 Å². The van der Waals surface area contributed by atoms with Crippen molar-refractivity contribution in [1.29, 1.82) is 0 Å². The van der Waals surface area contributed by atoms with Gasteiger partial charge in [0.05, 0.1) is 19.1 Å². The van der Waals surface area contributed by atoms with E-state index in [4.69, 9.17) is 4.74 Å². The van der Waals surface area contributed by atoms with Crippen LogP contribution < -0.4 is 0 Å². The molecule has 3 aliphatic heterocycles. The lowest BCUT2D eigenvalue weighted by Gasteiger charge is -2.36. The number of hydrogen-bond acceptors (Lipinski definition) is 4. The third kappa shape index (κ3) is 3.80. The molecule has 3 rings (SSSR count). The summed E-state index contributed by atoms with van der Waals surface area (Å²) in [4.78, 5) is 17.0. The van der Waals surface area contributed by atoms with Crippen LogP contribution in [0.2, 0.25) is 0 Å². The van der Waals surface area contributed by atoms with Crippen LogP contribution in [-0.2, 0) is 9.53 Å². The number of ether oxygens (including phenoxy) is 1. The first kappa shape index (κ1) is 14.5. The third-order valence-electron chi connectivity index (χ3n) is 5.17. The van der Waals surface area contributed by atoms with Crippen LogP contribution in [-0.4, -0.2) is 68.1 Å². The fourth-order valence-corrected chi connectivity index (χ4v) is 3.84. The summed E-state index contributed by atoms with van der Waals surface area (Å²) < 4.78 is 5.45. The lowest BCUT2D eigenvalue weighted by atomic mass is 9.94. The number of ketones is 1. The van der Waals surface area contributed by atoms with E-state index in [0.717, 1.165) is 12.5 Å². The van der Waals surface area contributed by atoms with Gasteiger partial charge < -0.3 is 14.5 Å². The van der Waals surface area contributed by atoms with Gasteiger partial charge >= 0.3 is 0 Å². The van der Waals surface area contributed by atoms with Gasteiger partial charge in [0.2, 0.25) is 0 Å². The van der Waals surface area contributed by atoms with Gasteiger partial charge in [0.25, 0.3) is 0 Å². The molecule has 4 nitrogen and oxygen atoms in total. The van der Waals surface area contributed by atoms with Crippen molar-refractivity contribution in [1.82, 2.24) is 9.80 Å². The van der Waals surface area contributed by atoms with Gasteiger partial charge in [-0.15, -0.1) is 0 Å². The van der Waals surface area contributed by atoms with E-state index in [2.05, 4.69) is 9.80 Å². The molecule has 0 amide bonds. The van der Waals surface area contributed by atoms with Crippen molar-refractivity contribution in [2.24, 2.45) is 11.8 Å². The minimum absolute atomic E-state index is 0.138. The lowest BCUT2D eigenvalue weighted by molar-refractivity contribution is -0.131. The summed E-state index contributed by atoms with van der Waals surface area (Å²) in [6, 6.07) is 0. The van der Waals surface area contributed by atoms with E-state index in [0.29, 0.717) is 25.4 Å². The second-order valence-corrected chi connectivity index (χ2v) is 6.74. The number of nitrogens with zero attached hydrogens (tertiary/aromatic N) is 2. The number of hydrogen-bond donors (Lipinski definition) is 0. The zero-order chi connectivity index (χ0) is 13.8. The number of likely N-dealkylation sites (tertiary alicyclic amines) is 2. The first-order valence-electron chi connectivity index (χ1n) is 8.36. The van der Waals surface area contributed by atoms with E-state index >= 15 is 0 Å². The summed E-state index contributed by atoms with van der Waals surface area (Å²) in [5.41, 5.74) is 0. The fourth-order valence-electron chi connectivity index (χ4n) is 3.84. The Morgan fingerprint density at radius 1 is 1.00 bits per heavy atom. The van der Waals surface area contributed by atoms with Crippen molar-refractivity contribution in [2.45, 2.75) is 32.1 Å². The van der Waals surface area contributed by atoms with E-state index in [-0.39, 0.29) is 5.92 Å². The molecule has 3 heterocycles. The maximum absolute atomic E-state index is 11.8. The maximum Gasteiger partial charge on any atom is 0.141 e. The summed E-state index contributed by atoms with van der Waals surface area (Å²) in [6.07, 6.45) is 6.01. The van der Waals surface area contributed by atoms with Gasteiger partial charge in [0, 0.05) is 19.5 Å². The van der Waals surface area contributed by atoms with Crippen molar-refractivity contribution in [3.05, 3.63) is 0 Å². The number of rotatable bonds is 4. The Morgan fingerprint density at radius 3 is 2.40 bits per heavy atom. The van der Waals surface area contributed by atoms with Gasteiger partial charge in [-0.3, -0.25) is 4.79 Å². The van der Waals surface area contributed by atoms with Crippen molar-refractivity contribution >= 4 is 5.78 Å². The van der Waals surface area contributed by atoms with Crippen molar-refractivity contribution in [3.63, 3.8) is 0 Å². The molecule has 114 valence electrons. The molecule has 3 saturated heterocycles. The minimum atomic E-state index is 0.138. The number of Topliss-reactive ketones (excluding diaryl/α,β-unsaturated/α-hetero) is 1. The van der Waals surface area contributed by atoms with Gasteiger partial charge in [0.15, 0.2) is 0 Å². The summed E-state index contributed by atoms with van der Waals surface area (Å²) in [6.45, 7) is 8.47. The Morgan fingerprint density at radius 2 is 1.70 bits per heavy atom. The average Bonchev–Trinajstić information content (AvgIpc) is 2.96. The van der Waals surface area contributed by atoms with Crippen LogP contribution in [0.15, 0.2) is 0 Å². The quantitative estimate of drug-likeness (QED) is 0.779. The molecule has 0 aromatic rings. The zero-order valence-electron chi connectivity index (χ0n) is 12.6. The molecule has 20 heavy (non-hydrogen) atoms. The first-order valence-corrected chi connectivity index (χ1v) is 8.36. The van der Waals surface area contributed by atoms with Crippen LogP contribution in [0.5, 0.6) is 0 Å². The smallest absolute Gasteiger partial charge is 0.141 e. The Balaban J connectivity index is 1.38. The Bertz CT molecular complexity index is 320. The van der Waals surface area contributed by atoms with Crippen LogP contribution in [0.4, 0.5) is 0 Å². The molecule has 0 radical (unpaired) electrons. The molecule has 4 heteroatoms.